The SMILES string of the molecule is C/C=C/COc1cncc(-c2nnc(C)o2)c1. The Balaban J connectivity index is 2.16. The van der Waals surface area contributed by atoms with Crippen molar-refractivity contribution in [2.45, 2.75) is 13.8 Å². The van der Waals surface area contributed by atoms with Crippen LogP contribution in [0.5, 0.6) is 5.75 Å². The van der Waals surface area contributed by atoms with E-state index in [-0.39, 0.29) is 0 Å². The lowest BCUT2D eigenvalue weighted by molar-refractivity contribution is 0.361. The molecule has 0 saturated heterocycles. The van der Waals surface area contributed by atoms with Crippen LogP contribution in [-0.2, 0) is 0 Å². The summed E-state index contributed by atoms with van der Waals surface area (Å²) < 4.78 is 10.8. The highest BCUT2D eigenvalue weighted by Crippen LogP contribution is 2.21. The number of aromatic nitrogens is 3. The van der Waals surface area contributed by atoms with E-state index in [1.165, 1.54) is 0 Å². The second-order valence-corrected chi connectivity index (χ2v) is 3.42. The molecule has 88 valence electrons. The molecule has 0 saturated carbocycles. The number of aryl methyl sites for hydroxylation is 1. The van der Waals surface area contributed by atoms with Gasteiger partial charge in [0, 0.05) is 13.1 Å². The highest BCUT2D eigenvalue weighted by Gasteiger charge is 2.07. The van der Waals surface area contributed by atoms with E-state index in [2.05, 4.69) is 15.2 Å². The lowest BCUT2D eigenvalue weighted by Gasteiger charge is -2.02. The number of pyridine rings is 1. The van der Waals surface area contributed by atoms with Gasteiger partial charge in [0.2, 0.25) is 11.8 Å². The molecule has 0 spiro atoms. The van der Waals surface area contributed by atoms with Crippen molar-refractivity contribution in [3.8, 4) is 17.2 Å². The van der Waals surface area contributed by atoms with Crippen molar-refractivity contribution in [2.75, 3.05) is 6.61 Å². The standard InChI is InChI=1S/C12H13N3O2/c1-3-4-5-16-11-6-10(7-13-8-11)12-15-14-9(2)17-12/h3-4,6-8H,5H2,1-2H3/b4-3+. The average molecular weight is 231 g/mol. The van der Waals surface area contributed by atoms with Crippen molar-refractivity contribution in [1.82, 2.24) is 15.2 Å². The minimum Gasteiger partial charge on any atom is -0.488 e. The maximum Gasteiger partial charge on any atom is 0.249 e. The number of hydrogen-bond donors (Lipinski definition) is 0. The van der Waals surface area contributed by atoms with Crippen LogP contribution in [0.15, 0.2) is 35.0 Å². The summed E-state index contributed by atoms with van der Waals surface area (Å²) in [6.07, 6.45) is 7.16. The Morgan fingerprint density at radius 3 is 2.94 bits per heavy atom. The maximum atomic E-state index is 5.48. The van der Waals surface area contributed by atoms with E-state index >= 15 is 0 Å². The molecule has 2 aromatic rings. The molecule has 0 amide bonds. The number of hydrogen-bond acceptors (Lipinski definition) is 5. The number of allylic oxidation sites excluding steroid dienone is 1. The maximum absolute atomic E-state index is 5.48. The third-order valence-electron chi connectivity index (χ3n) is 2.07. The minimum atomic E-state index is 0.450. The van der Waals surface area contributed by atoms with E-state index in [4.69, 9.17) is 9.15 Å². The van der Waals surface area contributed by atoms with Gasteiger partial charge in [0.15, 0.2) is 0 Å². The summed E-state index contributed by atoms with van der Waals surface area (Å²) in [5.74, 6) is 1.66. The molecule has 0 aliphatic rings. The molecule has 0 radical (unpaired) electrons. The van der Waals surface area contributed by atoms with Gasteiger partial charge in [-0.15, -0.1) is 10.2 Å². The van der Waals surface area contributed by atoms with Crippen molar-refractivity contribution in [3.63, 3.8) is 0 Å². The van der Waals surface area contributed by atoms with Gasteiger partial charge in [-0.3, -0.25) is 4.98 Å². The normalized spacial score (nSPS) is 10.9. The van der Waals surface area contributed by atoms with Crippen LogP contribution in [0.4, 0.5) is 0 Å². The highest BCUT2D eigenvalue weighted by atomic mass is 16.5. The molecule has 0 unspecified atom stereocenters. The zero-order valence-electron chi connectivity index (χ0n) is 9.75. The van der Waals surface area contributed by atoms with E-state index in [9.17, 15) is 0 Å². The molecule has 0 aromatic carbocycles. The van der Waals surface area contributed by atoms with Crippen molar-refractivity contribution in [3.05, 3.63) is 36.5 Å². The second-order valence-electron chi connectivity index (χ2n) is 3.42. The van der Waals surface area contributed by atoms with Gasteiger partial charge in [0.25, 0.3) is 0 Å². The first-order valence-corrected chi connectivity index (χ1v) is 5.29. The van der Waals surface area contributed by atoms with Crippen LogP contribution in [0.1, 0.15) is 12.8 Å². The van der Waals surface area contributed by atoms with Gasteiger partial charge in [-0.1, -0.05) is 12.2 Å². The minimum absolute atomic E-state index is 0.450. The number of nitrogens with zero attached hydrogens (tertiary/aromatic N) is 3. The van der Waals surface area contributed by atoms with E-state index in [1.54, 1.807) is 19.3 Å². The summed E-state index contributed by atoms with van der Waals surface area (Å²) in [6.45, 7) is 4.21. The largest absolute Gasteiger partial charge is 0.488 e. The summed E-state index contributed by atoms with van der Waals surface area (Å²) in [7, 11) is 0. The first kappa shape index (κ1) is 11.3. The monoisotopic (exact) mass is 231 g/mol. The van der Waals surface area contributed by atoms with Crippen LogP contribution in [0.3, 0.4) is 0 Å². The molecular formula is C12H13N3O2. The van der Waals surface area contributed by atoms with Crippen LogP contribution in [-0.4, -0.2) is 21.8 Å². The Labute approximate surface area is 99.2 Å². The Bertz CT molecular complexity index is 520. The van der Waals surface area contributed by atoms with Crippen molar-refractivity contribution < 1.29 is 9.15 Å². The van der Waals surface area contributed by atoms with Gasteiger partial charge in [-0.2, -0.15) is 0 Å². The second kappa shape index (κ2) is 5.25. The molecule has 5 heteroatoms. The van der Waals surface area contributed by atoms with E-state index in [0.29, 0.717) is 24.1 Å². The van der Waals surface area contributed by atoms with Gasteiger partial charge < -0.3 is 9.15 Å². The summed E-state index contributed by atoms with van der Waals surface area (Å²) in [5, 5.41) is 7.70. The van der Waals surface area contributed by atoms with Gasteiger partial charge in [-0.25, -0.2) is 0 Å². The highest BCUT2D eigenvalue weighted by molar-refractivity contribution is 5.53. The Morgan fingerprint density at radius 1 is 1.35 bits per heavy atom. The van der Waals surface area contributed by atoms with E-state index in [1.807, 2.05) is 25.1 Å². The van der Waals surface area contributed by atoms with E-state index in [0.717, 1.165) is 5.56 Å². The van der Waals surface area contributed by atoms with Gasteiger partial charge >= 0.3 is 0 Å². The fourth-order valence-corrected chi connectivity index (χ4v) is 1.27. The Kier molecular flexibility index (Phi) is 3.49. The van der Waals surface area contributed by atoms with Crippen LogP contribution in [0, 0.1) is 6.92 Å². The molecule has 0 N–H and O–H groups in total. The predicted octanol–water partition coefficient (Wildman–Crippen LogP) is 2.39. The fourth-order valence-electron chi connectivity index (χ4n) is 1.27. The number of ether oxygens (including phenoxy) is 1. The van der Waals surface area contributed by atoms with Crippen molar-refractivity contribution in [2.24, 2.45) is 0 Å². The Morgan fingerprint density at radius 2 is 2.24 bits per heavy atom. The zero-order valence-corrected chi connectivity index (χ0v) is 9.75. The third-order valence-corrected chi connectivity index (χ3v) is 2.07. The molecule has 0 bridgehead atoms. The van der Waals surface area contributed by atoms with Crippen LogP contribution < -0.4 is 4.74 Å². The van der Waals surface area contributed by atoms with Crippen molar-refractivity contribution >= 4 is 0 Å². The van der Waals surface area contributed by atoms with Crippen LogP contribution >= 0.6 is 0 Å². The van der Waals surface area contributed by atoms with Gasteiger partial charge in [-0.05, 0) is 13.0 Å². The molecule has 0 fully saturated rings. The molecule has 0 atom stereocenters. The topological polar surface area (TPSA) is 61.0 Å². The molecular weight excluding hydrogens is 218 g/mol. The van der Waals surface area contributed by atoms with Gasteiger partial charge in [0.1, 0.15) is 12.4 Å². The number of rotatable bonds is 4. The first-order valence-electron chi connectivity index (χ1n) is 5.29. The summed E-state index contributed by atoms with van der Waals surface area (Å²) in [4.78, 5) is 4.07. The molecule has 17 heavy (non-hydrogen) atoms. The molecule has 2 heterocycles. The summed E-state index contributed by atoms with van der Waals surface area (Å²) >= 11 is 0. The molecule has 2 aromatic heterocycles. The summed E-state index contributed by atoms with van der Waals surface area (Å²) in [6, 6.07) is 1.82. The first-order chi connectivity index (χ1) is 8.29. The lowest BCUT2D eigenvalue weighted by Crippen LogP contribution is -1.94. The molecule has 0 aliphatic carbocycles. The smallest absolute Gasteiger partial charge is 0.249 e. The van der Waals surface area contributed by atoms with Gasteiger partial charge in [0.05, 0.1) is 11.8 Å². The Hall–Kier alpha value is -2.17. The predicted molar refractivity (Wildman–Crippen MR) is 62.6 cm³/mol. The molecule has 2 rings (SSSR count). The fraction of sp³-hybridized carbons (Fsp3) is 0.250. The van der Waals surface area contributed by atoms with Crippen molar-refractivity contribution in [1.29, 1.82) is 0 Å². The molecule has 5 nitrogen and oxygen atoms in total. The third kappa shape index (κ3) is 2.90. The zero-order chi connectivity index (χ0) is 12.1. The molecule has 0 aliphatic heterocycles. The summed E-state index contributed by atoms with van der Waals surface area (Å²) in [5.41, 5.74) is 0.753. The van der Waals surface area contributed by atoms with E-state index < -0.39 is 0 Å². The van der Waals surface area contributed by atoms with Crippen LogP contribution in [0.2, 0.25) is 0 Å². The lowest BCUT2D eigenvalue weighted by atomic mass is 10.3. The van der Waals surface area contributed by atoms with Crippen LogP contribution in [0.25, 0.3) is 11.5 Å². The average Bonchev–Trinajstić information content (AvgIpc) is 2.77. The quantitative estimate of drug-likeness (QED) is 0.756.